The van der Waals surface area contributed by atoms with Gasteiger partial charge in [0.2, 0.25) is 0 Å². The van der Waals surface area contributed by atoms with Gasteiger partial charge in [0.1, 0.15) is 29.3 Å². The Hall–Kier alpha value is -3.46. The van der Waals surface area contributed by atoms with Gasteiger partial charge in [0.15, 0.2) is 0 Å². The maximum absolute atomic E-state index is 14.4. The second kappa shape index (κ2) is 10.4. The van der Waals surface area contributed by atoms with E-state index in [4.69, 9.17) is 14.5 Å². The topological polar surface area (TPSA) is 93.9 Å². The first-order valence-corrected chi connectivity index (χ1v) is 13.2. The molecule has 5 rings (SSSR count). The zero-order valence-corrected chi connectivity index (χ0v) is 22.2. The van der Waals surface area contributed by atoms with Gasteiger partial charge >= 0.3 is 6.09 Å². The predicted molar refractivity (Wildman–Crippen MR) is 141 cm³/mol. The maximum atomic E-state index is 14.4. The van der Waals surface area contributed by atoms with Crippen LogP contribution in [0.15, 0.2) is 30.3 Å². The number of aromatic nitrogens is 2. The molecular formula is C29H34FN3O5. The molecule has 1 fully saturated rings. The molecule has 1 saturated carbocycles. The fourth-order valence-corrected chi connectivity index (χ4v) is 6.15. The van der Waals surface area contributed by atoms with Crippen molar-refractivity contribution in [3.8, 4) is 5.75 Å². The highest BCUT2D eigenvalue weighted by Gasteiger charge is 2.35. The van der Waals surface area contributed by atoms with Gasteiger partial charge in [0, 0.05) is 29.6 Å². The zero-order chi connectivity index (χ0) is 27.1. The first-order chi connectivity index (χ1) is 18.2. The number of aliphatic hydroxyl groups is 1. The Bertz CT molecular complexity index is 1390. The van der Waals surface area contributed by atoms with Crippen molar-refractivity contribution < 1.29 is 28.6 Å². The van der Waals surface area contributed by atoms with E-state index in [-0.39, 0.29) is 23.8 Å². The maximum Gasteiger partial charge on any atom is 0.414 e. The van der Waals surface area contributed by atoms with Crippen LogP contribution in [0.1, 0.15) is 75.0 Å². The number of ether oxygens (including phenoxy) is 2. The van der Waals surface area contributed by atoms with Crippen LogP contribution in [0.25, 0.3) is 11.0 Å². The summed E-state index contributed by atoms with van der Waals surface area (Å²) in [7, 11) is 2.82. The van der Waals surface area contributed by atoms with Crippen LogP contribution in [0, 0.1) is 11.7 Å². The Labute approximate surface area is 221 Å². The number of halogens is 1. The largest absolute Gasteiger partial charge is 0.497 e. The SMILES string of the molecule is COC(=O)N1c2ccc3c(nc([C@H](O)c4cc(F)cc(OC)c4)n3[C@@H]3CCC[C@@H](C(C)=O)C3)c2CC[C@@H]1C. The third-order valence-corrected chi connectivity index (χ3v) is 8.13. The lowest BCUT2D eigenvalue weighted by Gasteiger charge is -2.34. The van der Waals surface area contributed by atoms with E-state index in [0.29, 0.717) is 35.5 Å². The molecule has 2 heterocycles. The minimum Gasteiger partial charge on any atom is -0.497 e. The molecule has 1 aromatic heterocycles. The van der Waals surface area contributed by atoms with Crippen molar-refractivity contribution in [2.45, 2.75) is 70.6 Å². The number of aliphatic hydroxyl groups excluding tert-OH is 1. The predicted octanol–water partition coefficient (Wildman–Crippen LogP) is 5.49. The molecule has 0 saturated heterocycles. The van der Waals surface area contributed by atoms with Crippen molar-refractivity contribution in [1.82, 2.24) is 9.55 Å². The van der Waals surface area contributed by atoms with Crippen molar-refractivity contribution in [3.63, 3.8) is 0 Å². The van der Waals surface area contributed by atoms with Crippen molar-refractivity contribution in [1.29, 1.82) is 0 Å². The van der Waals surface area contributed by atoms with E-state index in [2.05, 4.69) is 0 Å². The number of imidazole rings is 1. The molecule has 3 aromatic rings. The summed E-state index contributed by atoms with van der Waals surface area (Å²) in [6.45, 7) is 3.62. The lowest BCUT2D eigenvalue weighted by molar-refractivity contribution is -0.122. The third-order valence-electron chi connectivity index (χ3n) is 8.13. The van der Waals surface area contributed by atoms with Crippen LogP contribution in [-0.4, -0.2) is 46.8 Å². The van der Waals surface area contributed by atoms with Gasteiger partial charge in [-0.05, 0) is 75.8 Å². The van der Waals surface area contributed by atoms with Gasteiger partial charge in [0.05, 0.1) is 30.9 Å². The molecule has 2 aliphatic rings. The summed E-state index contributed by atoms with van der Waals surface area (Å²) in [4.78, 5) is 31.6. The molecule has 38 heavy (non-hydrogen) atoms. The second-order valence-electron chi connectivity index (χ2n) is 10.5. The van der Waals surface area contributed by atoms with Crippen molar-refractivity contribution in [2.75, 3.05) is 19.1 Å². The lowest BCUT2D eigenvalue weighted by atomic mass is 9.83. The Kier molecular flexibility index (Phi) is 7.13. The van der Waals surface area contributed by atoms with Gasteiger partial charge in [-0.15, -0.1) is 0 Å². The Morgan fingerprint density at radius 3 is 2.66 bits per heavy atom. The zero-order valence-electron chi connectivity index (χ0n) is 22.2. The van der Waals surface area contributed by atoms with Gasteiger partial charge < -0.3 is 19.1 Å². The normalized spacial score (nSPS) is 22.2. The number of aryl methyl sites for hydroxylation is 1. The van der Waals surface area contributed by atoms with Crippen LogP contribution >= 0.6 is 0 Å². The molecule has 1 aliphatic heterocycles. The van der Waals surface area contributed by atoms with Gasteiger partial charge in [-0.3, -0.25) is 9.69 Å². The Morgan fingerprint density at radius 2 is 1.95 bits per heavy atom. The molecule has 8 nitrogen and oxygen atoms in total. The second-order valence-corrected chi connectivity index (χ2v) is 10.5. The number of benzene rings is 2. The number of amides is 1. The van der Waals surface area contributed by atoms with Gasteiger partial charge in [-0.1, -0.05) is 6.42 Å². The number of carbonyl (C=O) groups excluding carboxylic acids is 2. The molecule has 0 radical (unpaired) electrons. The molecular weight excluding hydrogens is 489 g/mol. The number of fused-ring (bicyclic) bond motifs is 3. The minimum atomic E-state index is -1.22. The van der Waals surface area contributed by atoms with Gasteiger partial charge in [-0.2, -0.15) is 0 Å². The smallest absolute Gasteiger partial charge is 0.414 e. The van der Waals surface area contributed by atoms with E-state index < -0.39 is 18.0 Å². The van der Waals surface area contributed by atoms with E-state index in [0.717, 1.165) is 42.5 Å². The molecule has 202 valence electrons. The number of hydrogen-bond donors (Lipinski definition) is 1. The molecule has 9 heteroatoms. The highest BCUT2D eigenvalue weighted by molar-refractivity contribution is 5.95. The molecule has 2 aromatic carbocycles. The molecule has 0 bridgehead atoms. The van der Waals surface area contributed by atoms with Gasteiger partial charge in [0.25, 0.3) is 0 Å². The first kappa shape index (κ1) is 26.2. The molecule has 1 aliphatic carbocycles. The van der Waals surface area contributed by atoms with E-state index in [1.54, 1.807) is 17.9 Å². The van der Waals surface area contributed by atoms with Crippen molar-refractivity contribution >= 4 is 28.6 Å². The van der Waals surface area contributed by atoms with E-state index in [1.807, 2.05) is 23.6 Å². The van der Waals surface area contributed by atoms with Crippen LogP contribution in [0.3, 0.4) is 0 Å². The number of nitrogens with zero attached hydrogens (tertiary/aromatic N) is 3. The number of carbonyl (C=O) groups is 2. The summed E-state index contributed by atoms with van der Waals surface area (Å²) in [5.41, 5.74) is 3.51. The molecule has 4 atom stereocenters. The molecule has 0 unspecified atom stereocenters. The third kappa shape index (κ3) is 4.53. The monoisotopic (exact) mass is 523 g/mol. The number of Topliss-reactive ketones (excluding diaryl/α,β-unsaturated/α-hetero) is 1. The van der Waals surface area contributed by atoms with Crippen LogP contribution in [-0.2, 0) is 16.0 Å². The highest BCUT2D eigenvalue weighted by Crippen LogP contribution is 2.42. The number of rotatable bonds is 5. The van der Waals surface area contributed by atoms with E-state index in [9.17, 15) is 19.1 Å². The molecule has 1 amide bonds. The minimum absolute atomic E-state index is 0.0334. The van der Waals surface area contributed by atoms with Crippen LogP contribution < -0.4 is 9.64 Å². The van der Waals surface area contributed by atoms with E-state index in [1.165, 1.54) is 26.4 Å². The average Bonchev–Trinajstić information content (AvgIpc) is 3.31. The summed E-state index contributed by atoms with van der Waals surface area (Å²) in [5.74, 6) is 0.278. The van der Waals surface area contributed by atoms with Gasteiger partial charge in [-0.25, -0.2) is 14.2 Å². The fourth-order valence-electron chi connectivity index (χ4n) is 6.15. The summed E-state index contributed by atoms with van der Waals surface area (Å²) >= 11 is 0. The van der Waals surface area contributed by atoms with Crippen LogP contribution in [0.5, 0.6) is 5.75 Å². The average molecular weight is 524 g/mol. The summed E-state index contributed by atoms with van der Waals surface area (Å²) in [6, 6.07) is 7.90. The van der Waals surface area contributed by atoms with Crippen molar-refractivity contribution in [2.24, 2.45) is 5.92 Å². The quantitative estimate of drug-likeness (QED) is 0.475. The number of hydrogen-bond acceptors (Lipinski definition) is 6. The standard InChI is InChI=1S/C29H34FN3O5/c1-16-8-9-23-24(32(16)29(36)38-4)10-11-25-26(23)31-28(27(35)19-12-20(30)15-22(14-19)37-3)33(25)21-7-5-6-18(13-21)17(2)34/h10-12,14-16,18,21,27,35H,5-9,13H2,1-4H3/t16-,18+,21+,27+/m0/s1. The van der Waals surface area contributed by atoms with Crippen LogP contribution in [0.4, 0.5) is 14.9 Å². The Balaban J connectivity index is 1.70. The van der Waals surface area contributed by atoms with Crippen LogP contribution in [0.2, 0.25) is 0 Å². The molecule has 1 N–H and O–H groups in total. The summed E-state index contributed by atoms with van der Waals surface area (Å²) in [6.07, 6.45) is 3.01. The number of ketones is 1. The summed E-state index contributed by atoms with van der Waals surface area (Å²) in [5, 5.41) is 11.6. The van der Waals surface area contributed by atoms with Crippen molar-refractivity contribution in [3.05, 3.63) is 53.1 Å². The number of anilines is 1. The van der Waals surface area contributed by atoms with E-state index >= 15 is 0 Å². The Morgan fingerprint density at radius 1 is 1.16 bits per heavy atom. The molecule has 0 spiro atoms. The first-order valence-electron chi connectivity index (χ1n) is 13.2. The number of methoxy groups -OCH3 is 2. The summed E-state index contributed by atoms with van der Waals surface area (Å²) < 4.78 is 26.7. The lowest BCUT2D eigenvalue weighted by Crippen LogP contribution is -2.42. The highest BCUT2D eigenvalue weighted by atomic mass is 19.1. The fraction of sp³-hybridized carbons (Fsp3) is 0.483.